The van der Waals surface area contributed by atoms with Crippen molar-refractivity contribution in [3.63, 3.8) is 0 Å². The van der Waals surface area contributed by atoms with Crippen LogP contribution in [0.4, 0.5) is 5.82 Å². The van der Waals surface area contributed by atoms with Gasteiger partial charge in [0.2, 0.25) is 5.91 Å². The first-order valence-electron chi connectivity index (χ1n) is 6.08. The molecule has 2 heterocycles. The smallest absolute Gasteiger partial charge is 0.242 e. The van der Waals surface area contributed by atoms with Crippen molar-refractivity contribution in [3.05, 3.63) is 17.0 Å². The Morgan fingerprint density at radius 2 is 2.22 bits per heavy atom. The molecule has 5 nitrogen and oxygen atoms in total. The Morgan fingerprint density at radius 3 is 2.89 bits per heavy atom. The van der Waals surface area contributed by atoms with Gasteiger partial charge in [0.25, 0.3) is 0 Å². The molecule has 1 fully saturated rings. The lowest BCUT2D eigenvalue weighted by Crippen LogP contribution is -2.54. The molecule has 1 amide bonds. The third-order valence-electron chi connectivity index (χ3n) is 3.01. The summed E-state index contributed by atoms with van der Waals surface area (Å²) in [7, 11) is 0. The van der Waals surface area contributed by atoms with Crippen LogP contribution in [0.15, 0.2) is 6.07 Å². The molecule has 2 rings (SSSR count). The first kappa shape index (κ1) is 13.1. The number of anilines is 1. The first-order valence-corrected chi connectivity index (χ1v) is 6.45. The topological polar surface area (TPSA) is 58.1 Å². The molecule has 0 saturated carbocycles. The van der Waals surface area contributed by atoms with Crippen LogP contribution in [0.1, 0.15) is 32.5 Å². The Balaban J connectivity index is 2.35. The Morgan fingerprint density at radius 1 is 1.50 bits per heavy atom. The van der Waals surface area contributed by atoms with Gasteiger partial charge < -0.3 is 10.2 Å². The fourth-order valence-corrected chi connectivity index (χ4v) is 2.11. The zero-order valence-electron chi connectivity index (χ0n) is 10.8. The Labute approximate surface area is 112 Å². The molecule has 0 radical (unpaired) electrons. The van der Waals surface area contributed by atoms with Gasteiger partial charge in [-0.05, 0) is 6.92 Å². The minimum Gasteiger partial charge on any atom is -0.353 e. The molecule has 1 unspecified atom stereocenters. The van der Waals surface area contributed by atoms with Crippen LogP contribution in [-0.2, 0) is 4.79 Å². The van der Waals surface area contributed by atoms with Crippen LogP contribution in [0.5, 0.6) is 0 Å². The van der Waals surface area contributed by atoms with E-state index < -0.39 is 0 Å². The van der Waals surface area contributed by atoms with E-state index in [-0.39, 0.29) is 17.9 Å². The Hall–Kier alpha value is -1.36. The van der Waals surface area contributed by atoms with Gasteiger partial charge in [-0.1, -0.05) is 25.4 Å². The van der Waals surface area contributed by atoms with Gasteiger partial charge in [-0.2, -0.15) is 0 Å². The number of carbonyl (C=O) groups is 1. The number of amides is 1. The average Bonchev–Trinajstić information content (AvgIpc) is 2.31. The third-order valence-corrected chi connectivity index (χ3v) is 3.20. The Kier molecular flexibility index (Phi) is 3.71. The monoisotopic (exact) mass is 268 g/mol. The zero-order valence-corrected chi connectivity index (χ0v) is 11.5. The summed E-state index contributed by atoms with van der Waals surface area (Å²) >= 11 is 6.02. The summed E-state index contributed by atoms with van der Waals surface area (Å²) in [5.74, 6) is 1.65. The highest BCUT2D eigenvalue weighted by atomic mass is 35.5. The van der Waals surface area contributed by atoms with Crippen molar-refractivity contribution in [1.82, 2.24) is 15.3 Å². The van der Waals surface area contributed by atoms with E-state index in [2.05, 4.69) is 15.3 Å². The number of halogens is 1. The van der Waals surface area contributed by atoms with E-state index in [0.717, 1.165) is 12.4 Å². The zero-order chi connectivity index (χ0) is 13.3. The molecule has 0 aromatic carbocycles. The van der Waals surface area contributed by atoms with E-state index in [0.29, 0.717) is 17.5 Å². The van der Waals surface area contributed by atoms with Crippen molar-refractivity contribution in [2.75, 3.05) is 18.0 Å². The summed E-state index contributed by atoms with van der Waals surface area (Å²) in [6.45, 7) is 7.25. The maximum absolute atomic E-state index is 11.7. The minimum absolute atomic E-state index is 0.0158. The van der Waals surface area contributed by atoms with Crippen LogP contribution < -0.4 is 10.2 Å². The molecule has 0 aliphatic carbocycles. The van der Waals surface area contributed by atoms with Crippen molar-refractivity contribution in [2.24, 2.45) is 0 Å². The summed E-state index contributed by atoms with van der Waals surface area (Å²) in [6.07, 6.45) is 0. The highest BCUT2D eigenvalue weighted by molar-refractivity contribution is 6.29. The fourth-order valence-electron chi connectivity index (χ4n) is 1.92. The van der Waals surface area contributed by atoms with Gasteiger partial charge in [-0.25, -0.2) is 9.97 Å². The highest BCUT2D eigenvalue weighted by Crippen LogP contribution is 2.22. The van der Waals surface area contributed by atoms with Crippen LogP contribution in [0, 0.1) is 0 Å². The minimum atomic E-state index is -0.232. The predicted molar refractivity (Wildman–Crippen MR) is 70.9 cm³/mol. The van der Waals surface area contributed by atoms with Gasteiger partial charge >= 0.3 is 0 Å². The number of nitrogens with one attached hydrogen (secondary N) is 1. The molecular weight excluding hydrogens is 252 g/mol. The lowest BCUT2D eigenvalue weighted by molar-refractivity contribution is -0.122. The van der Waals surface area contributed by atoms with Crippen molar-refractivity contribution in [3.8, 4) is 0 Å². The normalized spacial score (nSPS) is 20.2. The van der Waals surface area contributed by atoms with Crippen molar-refractivity contribution in [2.45, 2.75) is 32.7 Å². The molecule has 0 bridgehead atoms. The first-order chi connectivity index (χ1) is 8.49. The van der Waals surface area contributed by atoms with E-state index in [1.165, 1.54) is 0 Å². The van der Waals surface area contributed by atoms with Gasteiger partial charge in [0.05, 0.1) is 0 Å². The molecule has 1 aliphatic rings. The lowest BCUT2D eigenvalue weighted by Gasteiger charge is -2.34. The molecule has 6 heteroatoms. The summed E-state index contributed by atoms with van der Waals surface area (Å²) in [6, 6.07) is 1.48. The molecule has 1 saturated heterocycles. The van der Waals surface area contributed by atoms with Crippen LogP contribution >= 0.6 is 11.6 Å². The van der Waals surface area contributed by atoms with Crippen LogP contribution in [0.3, 0.4) is 0 Å². The summed E-state index contributed by atoms with van der Waals surface area (Å²) in [5.41, 5.74) is 0. The van der Waals surface area contributed by atoms with Gasteiger partial charge in [-0.3, -0.25) is 4.79 Å². The molecule has 1 atom stereocenters. The predicted octanol–water partition coefficient (Wildman–Crippen LogP) is 1.58. The van der Waals surface area contributed by atoms with E-state index in [1.54, 1.807) is 6.07 Å². The number of nitrogens with zero attached hydrogens (tertiary/aromatic N) is 3. The standard InChI is InChI=1S/C12H17ClN4O/c1-7(2)11-15-9(13)6-10(16-11)17-5-4-14-12(18)8(17)3/h6-8H,4-5H2,1-3H3,(H,14,18). The number of hydrogen-bond acceptors (Lipinski definition) is 4. The van der Waals surface area contributed by atoms with Gasteiger partial charge in [0.15, 0.2) is 0 Å². The number of piperazine rings is 1. The third kappa shape index (κ3) is 2.56. The van der Waals surface area contributed by atoms with E-state index >= 15 is 0 Å². The molecule has 1 aliphatic heterocycles. The van der Waals surface area contributed by atoms with Gasteiger partial charge in [-0.15, -0.1) is 0 Å². The number of aromatic nitrogens is 2. The van der Waals surface area contributed by atoms with Crippen molar-refractivity contribution in [1.29, 1.82) is 0 Å². The van der Waals surface area contributed by atoms with E-state index in [9.17, 15) is 4.79 Å². The molecule has 18 heavy (non-hydrogen) atoms. The number of hydrogen-bond donors (Lipinski definition) is 1. The highest BCUT2D eigenvalue weighted by Gasteiger charge is 2.27. The molecule has 0 spiro atoms. The fraction of sp³-hybridized carbons (Fsp3) is 0.583. The Bertz CT molecular complexity index is 463. The average molecular weight is 269 g/mol. The molecular formula is C12H17ClN4O. The number of rotatable bonds is 2. The quantitative estimate of drug-likeness (QED) is 0.828. The molecule has 98 valence electrons. The van der Waals surface area contributed by atoms with Crippen molar-refractivity contribution < 1.29 is 4.79 Å². The molecule has 1 N–H and O–H groups in total. The maximum atomic E-state index is 11.7. The van der Waals surface area contributed by atoms with E-state index in [4.69, 9.17) is 11.6 Å². The number of carbonyl (C=O) groups excluding carboxylic acids is 1. The van der Waals surface area contributed by atoms with Crippen LogP contribution in [0.2, 0.25) is 5.15 Å². The second kappa shape index (κ2) is 5.10. The molecule has 1 aromatic rings. The second-order valence-electron chi connectivity index (χ2n) is 4.72. The van der Waals surface area contributed by atoms with Crippen molar-refractivity contribution >= 4 is 23.3 Å². The maximum Gasteiger partial charge on any atom is 0.242 e. The van der Waals surface area contributed by atoms with Crippen LogP contribution in [-0.4, -0.2) is 35.0 Å². The summed E-state index contributed by atoms with van der Waals surface area (Å²) in [4.78, 5) is 22.3. The van der Waals surface area contributed by atoms with Gasteiger partial charge in [0.1, 0.15) is 22.8 Å². The van der Waals surface area contributed by atoms with E-state index in [1.807, 2.05) is 25.7 Å². The second-order valence-corrected chi connectivity index (χ2v) is 5.11. The van der Waals surface area contributed by atoms with Crippen LogP contribution in [0.25, 0.3) is 0 Å². The SMILES string of the molecule is CC(C)c1nc(Cl)cc(N2CCNC(=O)C2C)n1. The summed E-state index contributed by atoms with van der Waals surface area (Å²) in [5, 5.41) is 3.24. The summed E-state index contributed by atoms with van der Waals surface area (Å²) < 4.78 is 0. The largest absolute Gasteiger partial charge is 0.353 e. The van der Waals surface area contributed by atoms with Gasteiger partial charge in [0, 0.05) is 25.1 Å². The lowest BCUT2D eigenvalue weighted by atomic mass is 10.2. The molecule has 1 aromatic heterocycles.